The van der Waals surface area contributed by atoms with Crippen LogP contribution in [0.1, 0.15) is 32.1 Å². The number of morpholine rings is 1. The lowest BCUT2D eigenvalue weighted by molar-refractivity contribution is -0.156. The number of nitrogens with zero attached hydrogens (tertiary/aromatic N) is 1. The summed E-state index contributed by atoms with van der Waals surface area (Å²) >= 11 is 0. The van der Waals surface area contributed by atoms with Gasteiger partial charge in [0, 0.05) is 12.5 Å². The molecule has 2 aliphatic rings. The average Bonchev–Trinajstić information content (AvgIpc) is 2.16. The highest BCUT2D eigenvalue weighted by atomic mass is 16.5. The summed E-state index contributed by atoms with van der Waals surface area (Å²) in [6.45, 7) is 0.635. The fourth-order valence-electron chi connectivity index (χ4n) is 2.32. The van der Waals surface area contributed by atoms with Crippen LogP contribution in [-0.4, -0.2) is 47.2 Å². The van der Waals surface area contributed by atoms with E-state index in [1.165, 1.54) is 6.42 Å². The van der Waals surface area contributed by atoms with Gasteiger partial charge in [0.05, 0.1) is 12.6 Å². The first-order valence-corrected chi connectivity index (χ1v) is 5.79. The minimum atomic E-state index is -0.813. The molecule has 16 heavy (non-hydrogen) atoms. The molecular formula is C11H17NO4. The molecule has 0 aromatic carbocycles. The van der Waals surface area contributed by atoms with Crippen LogP contribution >= 0.6 is 0 Å². The third-order valence-corrected chi connectivity index (χ3v) is 3.38. The molecule has 1 atom stereocenters. The van der Waals surface area contributed by atoms with E-state index in [2.05, 4.69) is 0 Å². The van der Waals surface area contributed by atoms with Gasteiger partial charge >= 0.3 is 5.97 Å². The Morgan fingerprint density at radius 1 is 1.50 bits per heavy atom. The highest BCUT2D eigenvalue weighted by molar-refractivity contribution is 5.79. The van der Waals surface area contributed by atoms with Crippen molar-refractivity contribution in [3.8, 4) is 0 Å². The van der Waals surface area contributed by atoms with Gasteiger partial charge in [-0.3, -0.25) is 9.59 Å². The van der Waals surface area contributed by atoms with E-state index >= 15 is 0 Å². The minimum absolute atomic E-state index is 0.0198. The normalized spacial score (nSPS) is 26.6. The summed E-state index contributed by atoms with van der Waals surface area (Å²) in [6, 6.07) is 0.290. The molecule has 0 bridgehead atoms. The molecule has 1 saturated carbocycles. The van der Waals surface area contributed by atoms with Crippen LogP contribution in [0.5, 0.6) is 0 Å². The van der Waals surface area contributed by atoms with Crippen LogP contribution in [0.25, 0.3) is 0 Å². The predicted octanol–water partition coefficient (Wildman–Crippen LogP) is 0.631. The molecule has 0 aromatic heterocycles. The largest absolute Gasteiger partial charge is 0.481 e. The van der Waals surface area contributed by atoms with Crippen LogP contribution < -0.4 is 0 Å². The summed E-state index contributed by atoms with van der Waals surface area (Å²) in [5, 5.41) is 8.66. The molecule has 5 nitrogen and oxygen atoms in total. The van der Waals surface area contributed by atoms with E-state index in [1.54, 1.807) is 0 Å². The van der Waals surface area contributed by atoms with Crippen LogP contribution in [0, 0.1) is 0 Å². The summed E-state index contributed by atoms with van der Waals surface area (Å²) in [6.07, 6.45) is 3.87. The number of carboxylic acids is 1. The maximum absolute atomic E-state index is 11.7. The maximum atomic E-state index is 11.7. The number of carboxylic acid groups (broad SMARTS) is 1. The highest BCUT2D eigenvalue weighted by Crippen LogP contribution is 2.29. The Balaban J connectivity index is 1.95. The van der Waals surface area contributed by atoms with Gasteiger partial charge in [-0.05, 0) is 25.7 Å². The van der Waals surface area contributed by atoms with Crippen molar-refractivity contribution >= 4 is 11.9 Å². The number of carbonyl (C=O) groups excluding carboxylic acids is 1. The van der Waals surface area contributed by atoms with E-state index < -0.39 is 5.97 Å². The summed E-state index contributed by atoms with van der Waals surface area (Å²) in [5.41, 5.74) is 0. The molecule has 1 heterocycles. The fourth-order valence-corrected chi connectivity index (χ4v) is 2.32. The second-order valence-corrected chi connectivity index (χ2v) is 4.49. The number of ether oxygens (including phenoxy) is 1. The van der Waals surface area contributed by atoms with E-state index in [0.717, 1.165) is 12.8 Å². The summed E-state index contributed by atoms with van der Waals surface area (Å²) < 4.78 is 5.19. The topological polar surface area (TPSA) is 66.8 Å². The monoisotopic (exact) mass is 227 g/mol. The summed E-state index contributed by atoms with van der Waals surface area (Å²) in [5.74, 6) is -0.794. The van der Waals surface area contributed by atoms with Crippen molar-refractivity contribution < 1.29 is 19.4 Å². The smallest absolute Gasteiger partial charge is 0.303 e. The van der Waals surface area contributed by atoms with Gasteiger partial charge in [0.25, 0.3) is 0 Å². The lowest BCUT2D eigenvalue weighted by Gasteiger charge is -2.44. The molecule has 0 radical (unpaired) electrons. The number of aliphatic carboxylic acids is 1. The fraction of sp³-hybridized carbons (Fsp3) is 0.818. The van der Waals surface area contributed by atoms with Gasteiger partial charge in [-0.1, -0.05) is 0 Å². The van der Waals surface area contributed by atoms with Gasteiger partial charge in [-0.15, -0.1) is 0 Å². The average molecular weight is 227 g/mol. The zero-order valence-corrected chi connectivity index (χ0v) is 9.22. The van der Waals surface area contributed by atoms with E-state index in [1.807, 2.05) is 4.90 Å². The zero-order chi connectivity index (χ0) is 11.5. The number of rotatable bonds is 4. The standard InChI is InChI=1S/C11H17NO4/c13-10-7-16-6-9(4-5-11(14)15)12(10)8-2-1-3-8/h8-9H,1-7H2,(H,14,15). The summed E-state index contributed by atoms with van der Waals surface area (Å²) in [4.78, 5) is 24.1. The van der Waals surface area contributed by atoms with E-state index in [4.69, 9.17) is 9.84 Å². The molecule has 1 N–H and O–H groups in total. The van der Waals surface area contributed by atoms with Crippen molar-refractivity contribution in [1.82, 2.24) is 4.90 Å². The van der Waals surface area contributed by atoms with E-state index in [9.17, 15) is 9.59 Å². The van der Waals surface area contributed by atoms with Crippen molar-refractivity contribution in [2.45, 2.75) is 44.2 Å². The predicted molar refractivity (Wildman–Crippen MR) is 56.0 cm³/mol. The Hall–Kier alpha value is -1.10. The van der Waals surface area contributed by atoms with Crippen LogP contribution in [-0.2, 0) is 14.3 Å². The molecule has 5 heteroatoms. The van der Waals surface area contributed by atoms with Crippen molar-refractivity contribution in [3.63, 3.8) is 0 Å². The van der Waals surface area contributed by atoms with Crippen LogP contribution in [0.2, 0.25) is 0 Å². The minimum Gasteiger partial charge on any atom is -0.481 e. The number of amides is 1. The molecule has 90 valence electrons. The molecule has 1 aliphatic heterocycles. The molecule has 1 unspecified atom stereocenters. The van der Waals surface area contributed by atoms with Crippen LogP contribution in [0.4, 0.5) is 0 Å². The SMILES string of the molecule is O=C(O)CCC1COCC(=O)N1C1CCC1. The Morgan fingerprint density at radius 3 is 2.81 bits per heavy atom. The number of hydrogen-bond acceptors (Lipinski definition) is 3. The summed E-state index contributed by atoms with van der Waals surface area (Å²) in [7, 11) is 0. The van der Waals surface area contributed by atoms with Crippen molar-refractivity contribution in [1.29, 1.82) is 0 Å². The van der Waals surface area contributed by atoms with Gasteiger partial charge in [0.2, 0.25) is 5.91 Å². The lowest BCUT2D eigenvalue weighted by Crippen LogP contribution is -2.56. The number of hydrogen-bond donors (Lipinski definition) is 1. The Bertz CT molecular complexity index is 288. The number of carbonyl (C=O) groups is 2. The highest BCUT2D eigenvalue weighted by Gasteiger charge is 2.36. The third-order valence-electron chi connectivity index (χ3n) is 3.38. The molecule has 1 saturated heterocycles. The molecule has 1 aliphatic carbocycles. The van der Waals surface area contributed by atoms with Crippen molar-refractivity contribution in [3.05, 3.63) is 0 Å². The second-order valence-electron chi connectivity index (χ2n) is 4.49. The third kappa shape index (κ3) is 2.35. The zero-order valence-electron chi connectivity index (χ0n) is 9.22. The first-order chi connectivity index (χ1) is 7.68. The molecule has 1 amide bonds. The Labute approximate surface area is 94.4 Å². The maximum Gasteiger partial charge on any atom is 0.303 e. The van der Waals surface area contributed by atoms with Crippen molar-refractivity contribution in [2.75, 3.05) is 13.2 Å². The van der Waals surface area contributed by atoms with Gasteiger partial charge in [0.1, 0.15) is 6.61 Å². The van der Waals surface area contributed by atoms with Crippen LogP contribution in [0.3, 0.4) is 0 Å². The van der Waals surface area contributed by atoms with Gasteiger partial charge < -0.3 is 14.7 Å². The van der Waals surface area contributed by atoms with Crippen LogP contribution in [0.15, 0.2) is 0 Å². The van der Waals surface area contributed by atoms with Crippen molar-refractivity contribution in [2.24, 2.45) is 0 Å². The quantitative estimate of drug-likeness (QED) is 0.765. The first kappa shape index (κ1) is 11.4. The molecule has 0 aromatic rings. The second kappa shape index (κ2) is 4.82. The van der Waals surface area contributed by atoms with Gasteiger partial charge in [-0.2, -0.15) is 0 Å². The Kier molecular flexibility index (Phi) is 3.43. The lowest BCUT2D eigenvalue weighted by atomic mass is 9.89. The Morgan fingerprint density at radius 2 is 2.25 bits per heavy atom. The van der Waals surface area contributed by atoms with Gasteiger partial charge in [0.15, 0.2) is 0 Å². The molecule has 2 rings (SSSR count). The molecular weight excluding hydrogens is 210 g/mol. The first-order valence-electron chi connectivity index (χ1n) is 5.79. The van der Waals surface area contributed by atoms with E-state index in [-0.39, 0.29) is 25.0 Å². The molecule has 0 spiro atoms. The van der Waals surface area contributed by atoms with E-state index in [0.29, 0.717) is 19.1 Å². The molecule has 2 fully saturated rings. The van der Waals surface area contributed by atoms with Gasteiger partial charge in [-0.25, -0.2) is 0 Å².